The van der Waals surface area contributed by atoms with Crippen molar-refractivity contribution in [3.05, 3.63) is 40.2 Å². The molecule has 21 heavy (non-hydrogen) atoms. The van der Waals surface area contributed by atoms with Crippen LogP contribution in [0.1, 0.15) is 11.4 Å². The quantitative estimate of drug-likeness (QED) is 0.671. The highest BCUT2D eigenvalue weighted by atomic mass is 16.1. The number of pyridine rings is 1. The summed E-state index contributed by atoms with van der Waals surface area (Å²) in [4.78, 5) is 24.5. The van der Waals surface area contributed by atoms with Gasteiger partial charge in [-0.05, 0) is 13.0 Å². The second-order valence-electron chi connectivity index (χ2n) is 4.59. The van der Waals surface area contributed by atoms with Crippen LogP contribution in [0.5, 0.6) is 0 Å². The first-order valence-corrected chi connectivity index (χ1v) is 6.23. The summed E-state index contributed by atoms with van der Waals surface area (Å²) in [6.07, 6.45) is 4.76. The zero-order valence-electron chi connectivity index (χ0n) is 11.5. The first kappa shape index (κ1) is 13.0. The van der Waals surface area contributed by atoms with E-state index in [-0.39, 0.29) is 11.2 Å². The van der Waals surface area contributed by atoms with E-state index in [4.69, 9.17) is 5.73 Å². The van der Waals surface area contributed by atoms with Crippen molar-refractivity contribution in [2.75, 3.05) is 5.73 Å². The number of nitrogens with two attached hydrogens (primary N) is 1. The van der Waals surface area contributed by atoms with Gasteiger partial charge in [0.2, 0.25) is 0 Å². The van der Waals surface area contributed by atoms with Crippen molar-refractivity contribution in [2.45, 2.75) is 6.92 Å². The molecule has 106 valence electrons. The summed E-state index contributed by atoms with van der Waals surface area (Å²) in [5, 5.41) is 7.40. The fraction of sp³-hybridized carbons (Fsp3) is 0.154. The lowest BCUT2D eigenvalue weighted by molar-refractivity contribution is 0.863. The lowest BCUT2D eigenvalue weighted by atomic mass is 10.2. The van der Waals surface area contributed by atoms with Gasteiger partial charge < -0.3 is 10.3 Å². The second-order valence-corrected chi connectivity index (χ2v) is 4.59. The van der Waals surface area contributed by atoms with Gasteiger partial charge in [0.15, 0.2) is 11.5 Å². The Hall–Kier alpha value is -3.03. The average molecular weight is 283 g/mol. The Bertz CT molecular complexity index is 907. The van der Waals surface area contributed by atoms with E-state index >= 15 is 0 Å². The molecule has 8 nitrogen and oxygen atoms in total. The maximum atomic E-state index is 11.8. The van der Waals surface area contributed by atoms with Crippen molar-refractivity contribution >= 4 is 28.8 Å². The van der Waals surface area contributed by atoms with Gasteiger partial charge in [0.1, 0.15) is 11.5 Å². The van der Waals surface area contributed by atoms with E-state index in [1.165, 1.54) is 10.8 Å². The number of nitrogens with zero attached hydrogens (tertiary/aromatic N) is 5. The molecule has 8 heteroatoms. The van der Waals surface area contributed by atoms with Gasteiger partial charge in [0.25, 0.3) is 5.56 Å². The van der Waals surface area contributed by atoms with Crippen molar-refractivity contribution in [3.8, 4) is 0 Å². The minimum Gasteiger partial charge on any atom is -0.394 e. The first-order valence-electron chi connectivity index (χ1n) is 6.23. The lowest BCUT2D eigenvalue weighted by Gasteiger charge is -2.02. The molecule has 0 saturated heterocycles. The molecule has 0 aliphatic carbocycles. The van der Waals surface area contributed by atoms with E-state index < -0.39 is 0 Å². The molecule has 3 rings (SSSR count). The number of hydrogen-bond donors (Lipinski definition) is 2. The molecule has 0 fully saturated rings. The fourth-order valence-electron chi connectivity index (χ4n) is 1.93. The highest BCUT2D eigenvalue weighted by Gasteiger charge is 2.07. The Kier molecular flexibility index (Phi) is 2.98. The van der Waals surface area contributed by atoms with Gasteiger partial charge in [0.05, 0.1) is 11.6 Å². The van der Waals surface area contributed by atoms with Crippen molar-refractivity contribution in [2.24, 2.45) is 12.0 Å². The van der Waals surface area contributed by atoms with Crippen LogP contribution < -0.4 is 11.3 Å². The molecule has 0 amide bonds. The minimum atomic E-state index is -0.258. The monoisotopic (exact) mass is 283 g/mol. The second kappa shape index (κ2) is 4.82. The molecule has 0 saturated carbocycles. The van der Waals surface area contributed by atoms with Crippen LogP contribution in [0.25, 0.3) is 11.0 Å². The molecule has 3 aromatic heterocycles. The maximum Gasteiger partial charge on any atom is 0.274 e. The molecule has 0 aromatic carbocycles. The number of hydrogen-bond acceptors (Lipinski definition) is 6. The minimum absolute atomic E-state index is 0.151. The number of aromatic nitrogens is 5. The Morgan fingerprint density at radius 2 is 2.24 bits per heavy atom. The van der Waals surface area contributed by atoms with Gasteiger partial charge in [0, 0.05) is 25.0 Å². The molecule has 3 heterocycles. The Morgan fingerprint density at radius 3 is 3.05 bits per heavy atom. The van der Waals surface area contributed by atoms with Crippen LogP contribution in [-0.4, -0.2) is 30.9 Å². The molecular formula is C13H13N7O. The van der Waals surface area contributed by atoms with E-state index in [2.05, 4.69) is 25.2 Å². The Labute approximate surface area is 119 Å². The third kappa shape index (κ3) is 2.27. The molecule has 0 unspecified atom stereocenters. The van der Waals surface area contributed by atoms with Crippen molar-refractivity contribution < 1.29 is 0 Å². The zero-order chi connectivity index (χ0) is 15.0. The van der Waals surface area contributed by atoms with Gasteiger partial charge in [-0.1, -0.05) is 0 Å². The van der Waals surface area contributed by atoms with Crippen molar-refractivity contribution in [1.82, 2.24) is 24.7 Å². The SMILES string of the molecule is Cc1nc(N=Cc2ccn(C)c(=O)c2N)c2cn[nH]c2n1. The van der Waals surface area contributed by atoms with Crippen LogP contribution in [0.4, 0.5) is 11.5 Å². The number of rotatable bonds is 2. The zero-order valence-corrected chi connectivity index (χ0v) is 11.5. The summed E-state index contributed by atoms with van der Waals surface area (Å²) in [5.41, 5.74) is 6.85. The molecule has 3 N–H and O–H groups in total. The van der Waals surface area contributed by atoms with E-state index in [1.807, 2.05) is 0 Å². The van der Waals surface area contributed by atoms with Crippen LogP contribution in [0.3, 0.4) is 0 Å². The standard InChI is InChI=1S/C13H13N7O/c1-7-17-11(9-6-16-19-12(9)18-7)15-5-8-3-4-20(2)13(21)10(8)14/h3-6H,14H2,1-2H3,(H,16,17,18,19). The van der Waals surface area contributed by atoms with E-state index in [1.54, 1.807) is 32.4 Å². The van der Waals surface area contributed by atoms with E-state index in [9.17, 15) is 4.79 Å². The van der Waals surface area contributed by atoms with E-state index in [0.717, 1.165) is 0 Å². The molecule has 0 aliphatic rings. The molecule has 0 atom stereocenters. The predicted molar refractivity (Wildman–Crippen MR) is 79.8 cm³/mol. The van der Waals surface area contributed by atoms with Crippen LogP contribution in [0.15, 0.2) is 28.2 Å². The van der Waals surface area contributed by atoms with Crippen LogP contribution in [0, 0.1) is 6.92 Å². The molecular weight excluding hydrogens is 270 g/mol. The van der Waals surface area contributed by atoms with Crippen LogP contribution in [-0.2, 0) is 7.05 Å². The summed E-state index contributed by atoms with van der Waals surface area (Å²) in [6, 6.07) is 1.72. The summed E-state index contributed by atoms with van der Waals surface area (Å²) in [6.45, 7) is 1.77. The maximum absolute atomic E-state index is 11.8. The third-order valence-electron chi connectivity index (χ3n) is 3.07. The largest absolute Gasteiger partial charge is 0.394 e. The number of H-pyrrole nitrogens is 1. The van der Waals surface area contributed by atoms with Crippen LogP contribution >= 0.6 is 0 Å². The summed E-state index contributed by atoms with van der Waals surface area (Å²) in [7, 11) is 1.64. The normalized spacial score (nSPS) is 11.5. The number of nitrogen functional groups attached to an aromatic ring is 1. The summed E-state index contributed by atoms with van der Waals surface area (Å²) < 4.78 is 1.41. The van der Waals surface area contributed by atoms with Gasteiger partial charge >= 0.3 is 0 Å². The van der Waals surface area contributed by atoms with Gasteiger partial charge in [-0.15, -0.1) is 0 Å². The topological polar surface area (TPSA) is 115 Å². The van der Waals surface area contributed by atoms with E-state index in [0.29, 0.717) is 28.2 Å². The summed E-state index contributed by atoms with van der Waals surface area (Å²) in [5.74, 6) is 1.06. The van der Waals surface area contributed by atoms with Gasteiger partial charge in [-0.25, -0.2) is 15.0 Å². The van der Waals surface area contributed by atoms with Crippen molar-refractivity contribution in [1.29, 1.82) is 0 Å². The molecule has 0 spiro atoms. The Morgan fingerprint density at radius 1 is 1.43 bits per heavy atom. The number of nitrogens with one attached hydrogen (secondary N) is 1. The van der Waals surface area contributed by atoms with Gasteiger partial charge in [-0.3, -0.25) is 9.89 Å². The average Bonchev–Trinajstić information content (AvgIpc) is 2.92. The third-order valence-corrected chi connectivity index (χ3v) is 3.07. The molecule has 0 aliphatic heterocycles. The number of aliphatic imine (C=N–C) groups is 1. The number of anilines is 1. The van der Waals surface area contributed by atoms with Gasteiger partial charge in [-0.2, -0.15) is 5.10 Å². The molecule has 3 aromatic rings. The highest BCUT2D eigenvalue weighted by molar-refractivity contribution is 5.92. The van der Waals surface area contributed by atoms with Crippen LogP contribution in [0.2, 0.25) is 0 Å². The summed E-state index contributed by atoms with van der Waals surface area (Å²) >= 11 is 0. The lowest BCUT2D eigenvalue weighted by Crippen LogP contribution is -2.21. The number of aromatic amines is 1. The smallest absolute Gasteiger partial charge is 0.274 e. The number of aryl methyl sites for hydroxylation is 2. The fourth-order valence-corrected chi connectivity index (χ4v) is 1.93. The Balaban J connectivity index is 2.08. The first-order chi connectivity index (χ1) is 10.1. The van der Waals surface area contributed by atoms with Crippen molar-refractivity contribution in [3.63, 3.8) is 0 Å². The molecule has 0 radical (unpaired) electrons. The predicted octanol–water partition coefficient (Wildman–Crippen LogP) is 0.693. The number of fused-ring (bicyclic) bond motifs is 1. The molecule has 0 bridgehead atoms. The highest BCUT2D eigenvalue weighted by Crippen LogP contribution is 2.20.